The molecular formula is C33H26F2N2O6. The van der Waals surface area contributed by atoms with Crippen molar-refractivity contribution in [2.45, 2.75) is 24.9 Å². The van der Waals surface area contributed by atoms with Crippen LogP contribution in [0.5, 0.6) is 11.5 Å². The van der Waals surface area contributed by atoms with Crippen LogP contribution < -0.4 is 14.8 Å². The lowest BCUT2D eigenvalue weighted by Gasteiger charge is -2.30. The highest BCUT2D eigenvalue weighted by Gasteiger charge is 2.58. The van der Waals surface area contributed by atoms with Crippen LogP contribution in [0.25, 0.3) is 0 Å². The van der Waals surface area contributed by atoms with E-state index < -0.39 is 47.6 Å². The molecule has 2 N–H and O–H groups in total. The second kappa shape index (κ2) is 11.2. The molecule has 0 saturated carbocycles. The van der Waals surface area contributed by atoms with E-state index in [0.717, 1.165) is 22.6 Å². The first-order chi connectivity index (χ1) is 20.7. The third-order valence-corrected chi connectivity index (χ3v) is 7.85. The lowest BCUT2D eigenvalue weighted by molar-refractivity contribution is -0.142. The van der Waals surface area contributed by atoms with Gasteiger partial charge in [-0.25, -0.2) is 18.4 Å². The van der Waals surface area contributed by atoms with Crippen LogP contribution in [0.4, 0.5) is 19.3 Å². The lowest BCUT2D eigenvalue weighted by Crippen LogP contribution is -2.45. The van der Waals surface area contributed by atoms with E-state index in [0.29, 0.717) is 28.2 Å². The van der Waals surface area contributed by atoms with Crippen LogP contribution in [-0.2, 0) is 4.79 Å². The van der Waals surface area contributed by atoms with Crippen LogP contribution in [0.2, 0.25) is 0 Å². The molecule has 0 aliphatic carbocycles. The Labute approximate surface area is 245 Å². The van der Waals surface area contributed by atoms with Crippen LogP contribution in [0.15, 0.2) is 91.0 Å². The Kier molecular flexibility index (Phi) is 7.27. The fraction of sp³-hybridized carbons (Fsp3) is 0.182. The maximum Gasteiger partial charge on any atom is 0.327 e. The zero-order valence-corrected chi connectivity index (χ0v) is 22.9. The summed E-state index contributed by atoms with van der Waals surface area (Å²) in [6.45, 7) is 1.82. The number of aliphatic carboxylic acids is 1. The van der Waals surface area contributed by atoms with Gasteiger partial charge in [0.1, 0.15) is 17.7 Å². The number of nitrogens with zero attached hydrogens (tertiary/aromatic N) is 1. The highest BCUT2D eigenvalue weighted by molar-refractivity contribution is 6.02. The molecule has 218 valence electrons. The number of carboxylic acids is 1. The summed E-state index contributed by atoms with van der Waals surface area (Å²) in [5.74, 6) is -4.11. The largest absolute Gasteiger partial charge is 0.480 e. The molecule has 6 rings (SSSR count). The summed E-state index contributed by atoms with van der Waals surface area (Å²) in [5, 5.41) is 13.3. The quantitative estimate of drug-likeness (QED) is 0.257. The Balaban J connectivity index is 1.56. The van der Waals surface area contributed by atoms with Crippen molar-refractivity contribution in [2.75, 3.05) is 12.1 Å². The highest BCUT2D eigenvalue weighted by Crippen LogP contribution is 2.52. The summed E-state index contributed by atoms with van der Waals surface area (Å²) < 4.78 is 38.7. The van der Waals surface area contributed by atoms with E-state index in [4.69, 9.17) is 9.47 Å². The van der Waals surface area contributed by atoms with Gasteiger partial charge in [0, 0.05) is 17.2 Å². The number of amides is 2. The van der Waals surface area contributed by atoms with Crippen molar-refractivity contribution in [1.29, 1.82) is 0 Å². The van der Waals surface area contributed by atoms with E-state index in [1.807, 2.05) is 13.0 Å². The molecular weight excluding hydrogens is 558 g/mol. The smallest absolute Gasteiger partial charge is 0.327 e. The van der Waals surface area contributed by atoms with E-state index in [-0.39, 0.29) is 18.3 Å². The van der Waals surface area contributed by atoms with Gasteiger partial charge in [0.15, 0.2) is 17.3 Å². The van der Waals surface area contributed by atoms with Crippen molar-refractivity contribution in [1.82, 2.24) is 4.90 Å². The van der Waals surface area contributed by atoms with Crippen molar-refractivity contribution in [3.05, 3.63) is 125 Å². The number of halogens is 2. The number of fused-ring (bicyclic) bond motifs is 1. The second-order valence-corrected chi connectivity index (χ2v) is 10.5. The number of hydrogen-bond acceptors (Lipinski definition) is 5. The standard InChI is InChI=1S/C33H26F2N2O6/c1-18-3-2-4-21(15-18)31(38)28-27(19-5-8-22(34)9-6-19)30(32(39)40)37(33(41)36-24-12-10-23(35)11-13-24)29(28)20-7-14-25-26(16-20)43-17-42-25/h2-16,27-30H,17H2,1H3,(H,36,41)(H,39,40). The number of rotatable bonds is 6. The van der Waals surface area contributed by atoms with Crippen LogP contribution in [0.3, 0.4) is 0 Å². The van der Waals surface area contributed by atoms with Gasteiger partial charge >= 0.3 is 12.0 Å². The Bertz CT molecular complexity index is 1710. The van der Waals surface area contributed by atoms with Crippen molar-refractivity contribution in [2.24, 2.45) is 5.92 Å². The average molecular weight is 585 g/mol. The van der Waals surface area contributed by atoms with Crippen molar-refractivity contribution in [3.63, 3.8) is 0 Å². The predicted molar refractivity (Wildman–Crippen MR) is 152 cm³/mol. The van der Waals surface area contributed by atoms with Crippen LogP contribution in [0, 0.1) is 24.5 Å². The summed E-state index contributed by atoms with van der Waals surface area (Å²) in [6, 6.07) is 18.7. The molecule has 1 fully saturated rings. The number of benzene rings is 4. The SMILES string of the molecule is Cc1cccc(C(=O)C2C(c3ccc(F)cc3)C(C(=O)O)N(C(=O)Nc3ccc(F)cc3)C2c2ccc3c(c2)OCO3)c1. The van der Waals surface area contributed by atoms with Crippen molar-refractivity contribution in [3.8, 4) is 11.5 Å². The monoisotopic (exact) mass is 584 g/mol. The molecule has 2 amide bonds. The number of urea groups is 1. The minimum atomic E-state index is -1.54. The van der Waals surface area contributed by atoms with Gasteiger partial charge in [0.05, 0.1) is 12.0 Å². The number of likely N-dealkylation sites (tertiary alicyclic amines) is 1. The Morgan fingerprint density at radius 2 is 1.49 bits per heavy atom. The summed E-state index contributed by atoms with van der Waals surface area (Å²) in [7, 11) is 0. The minimum absolute atomic E-state index is 0.0141. The fourth-order valence-corrected chi connectivity index (χ4v) is 6.00. The molecule has 4 aromatic carbocycles. The lowest BCUT2D eigenvalue weighted by atomic mass is 9.76. The van der Waals surface area contributed by atoms with E-state index in [9.17, 15) is 28.3 Å². The maximum absolute atomic E-state index is 14.5. The molecule has 0 spiro atoms. The molecule has 0 bridgehead atoms. The number of carbonyl (C=O) groups is 3. The molecule has 0 aromatic heterocycles. The second-order valence-electron chi connectivity index (χ2n) is 10.5. The molecule has 10 heteroatoms. The maximum atomic E-state index is 14.5. The summed E-state index contributed by atoms with van der Waals surface area (Å²) >= 11 is 0. The number of aryl methyl sites for hydroxylation is 1. The highest BCUT2D eigenvalue weighted by atomic mass is 19.1. The number of nitrogens with one attached hydrogen (secondary N) is 1. The van der Waals surface area contributed by atoms with Gasteiger partial charge in [-0.3, -0.25) is 4.79 Å². The van der Waals surface area contributed by atoms with Gasteiger partial charge in [0.2, 0.25) is 6.79 Å². The number of Topliss-reactive ketones (excluding diaryl/α,β-unsaturated/α-hetero) is 1. The zero-order valence-electron chi connectivity index (χ0n) is 22.9. The summed E-state index contributed by atoms with van der Waals surface area (Å²) in [4.78, 5) is 42.7. The van der Waals surface area contributed by atoms with E-state index >= 15 is 0 Å². The summed E-state index contributed by atoms with van der Waals surface area (Å²) in [5.41, 5.74) is 2.21. The first-order valence-electron chi connectivity index (χ1n) is 13.5. The third-order valence-electron chi connectivity index (χ3n) is 7.85. The molecule has 2 heterocycles. The molecule has 4 atom stereocenters. The molecule has 2 aliphatic heterocycles. The topological polar surface area (TPSA) is 105 Å². The van der Waals surface area contributed by atoms with Gasteiger partial charge < -0.3 is 24.8 Å². The molecule has 4 unspecified atom stereocenters. The fourth-order valence-electron chi connectivity index (χ4n) is 6.00. The average Bonchev–Trinajstić information content (AvgIpc) is 3.61. The first-order valence-corrected chi connectivity index (χ1v) is 13.5. The van der Waals surface area contributed by atoms with Gasteiger partial charge in [-0.2, -0.15) is 0 Å². The van der Waals surface area contributed by atoms with Crippen molar-refractivity contribution >= 4 is 23.5 Å². The van der Waals surface area contributed by atoms with Crippen molar-refractivity contribution < 1.29 is 37.7 Å². The normalized spacial score (nSPS) is 20.6. The molecule has 8 nitrogen and oxygen atoms in total. The van der Waals surface area contributed by atoms with Gasteiger partial charge in [-0.05, 0) is 72.6 Å². The number of hydrogen-bond donors (Lipinski definition) is 2. The number of ether oxygens (including phenoxy) is 2. The number of carbonyl (C=O) groups excluding carboxylic acids is 2. The Hall–Kier alpha value is -5.25. The Morgan fingerprint density at radius 3 is 2.16 bits per heavy atom. The van der Waals surface area contributed by atoms with Crippen LogP contribution >= 0.6 is 0 Å². The predicted octanol–water partition coefficient (Wildman–Crippen LogP) is 6.33. The van der Waals surface area contributed by atoms with Crippen LogP contribution in [-0.4, -0.2) is 40.6 Å². The van der Waals surface area contributed by atoms with E-state index in [1.165, 1.54) is 36.4 Å². The summed E-state index contributed by atoms with van der Waals surface area (Å²) in [6.07, 6.45) is 0. The Morgan fingerprint density at radius 1 is 0.837 bits per heavy atom. The first kappa shape index (κ1) is 27.9. The number of carboxylic acid groups (broad SMARTS) is 1. The van der Waals surface area contributed by atoms with Gasteiger partial charge in [0.25, 0.3) is 0 Å². The molecule has 4 aromatic rings. The molecule has 2 aliphatic rings. The third kappa shape index (κ3) is 5.27. The van der Waals surface area contributed by atoms with E-state index in [1.54, 1.807) is 36.4 Å². The van der Waals surface area contributed by atoms with Crippen LogP contribution in [0.1, 0.15) is 39.0 Å². The molecule has 43 heavy (non-hydrogen) atoms. The molecule has 1 saturated heterocycles. The number of anilines is 1. The zero-order chi connectivity index (χ0) is 30.2. The van der Waals surface area contributed by atoms with Gasteiger partial charge in [-0.15, -0.1) is 0 Å². The van der Waals surface area contributed by atoms with E-state index in [2.05, 4.69) is 5.32 Å². The van der Waals surface area contributed by atoms with Gasteiger partial charge in [-0.1, -0.05) is 42.0 Å². The number of ketones is 1. The molecule has 0 radical (unpaired) electrons. The minimum Gasteiger partial charge on any atom is -0.480 e.